The molecule has 13 heteroatoms. The number of nitrogens with one attached hydrogen (secondary N) is 2. The van der Waals surface area contributed by atoms with Crippen molar-refractivity contribution in [2.45, 2.75) is 12.4 Å². The Morgan fingerprint density at radius 3 is 2.04 bits per heavy atom. The quantitative estimate of drug-likeness (QED) is 0.503. The van der Waals surface area contributed by atoms with Crippen LogP contribution in [0, 0.1) is 0 Å². The molecule has 0 radical (unpaired) electrons. The smallest absolute Gasteiger partial charge is 0.255 e. The lowest BCUT2D eigenvalue weighted by molar-refractivity contribution is -0.145. The van der Waals surface area contributed by atoms with Crippen LogP contribution in [0.5, 0.6) is 0 Å². The highest BCUT2D eigenvalue weighted by Crippen LogP contribution is 2.27. The van der Waals surface area contributed by atoms with Gasteiger partial charge >= 0.3 is 12.4 Å². The standard InChI is InChI=1S/C11H7F6N7/c1-2-3-5(7-20-9(24-22-7)11(15,16)17)18-4-6-19-8(23-21-6)10(12,13)14/h2-4H,1H2,(H,19,21,23)(H,20,22,24)/b5-3-,18-4?. The Morgan fingerprint density at radius 2 is 1.54 bits per heavy atom. The van der Waals surface area contributed by atoms with Crippen LogP contribution in [0.1, 0.15) is 23.3 Å². The molecular formula is C11H7F6N7. The first kappa shape index (κ1) is 17.4. The Bertz CT molecular complexity index is 779. The van der Waals surface area contributed by atoms with Crippen molar-refractivity contribution in [3.05, 3.63) is 42.0 Å². The lowest BCUT2D eigenvalue weighted by Crippen LogP contribution is -2.07. The Hall–Kier alpha value is -2.99. The summed E-state index contributed by atoms with van der Waals surface area (Å²) in [5.41, 5.74) is -0.185. The molecule has 2 heterocycles. The zero-order valence-electron chi connectivity index (χ0n) is 11.4. The van der Waals surface area contributed by atoms with E-state index in [2.05, 4.69) is 31.7 Å². The molecule has 0 aromatic carbocycles. The third-order valence-corrected chi connectivity index (χ3v) is 2.35. The number of aromatic nitrogens is 6. The van der Waals surface area contributed by atoms with Gasteiger partial charge in [-0.3, -0.25) is 10.2 Å². The van der Waals surface area contributed by atoms with Crippen LogP contribution < -0.4 is 0 Å². The molecule has 2 rings (SSSR count). The van der Waals surface area contributed by atoms with E-state index in [9.17, 15) is 26.3 Å². The Balaban J connectivity index is 2.26. The zero-order valence-corrected chi connectivity index (χ0v) is 11.4. The number of alkyl halides is 6. The summed E-state index contributed by atoms with van der Waals surface area (Å²) in [6, 6.07) is 0. The number of halogens is 6. The molecule has 2 aromatic heterocycles. The maximum absolute atomic E-state index is 12.5. The first-order chi connectivity index (χ1) is 11.1. The van der Waals surface area contributed by atoms with E-state index < -0.39 is 35.7 Å². The molecule has 0 fully saturated rings. The third kappa shape index (κ3) is 4.05. The molecule has 0 aliphatic rings. The number of hydrogen-bond donors (Lipinski definition) is 2. The molecular weight excluding hydrogens is 344 g/mol. The normalized spacial score (nSPS) is 13.7. The van der Waals surface area contributed by atoms with Crippen molar-refractivity contribution >= 4 is 11.9 Å². The number of allylic oxidation sites excluding steroid dienone is 2. The number of rotatable bonds is 4. The van der Waals surface area contributed by atoms with E-state index >= 15 is 0 Å². The summed E-state index contributed by atoms with van der Waals surface area (Å²) >= 11 is 0. The van der Waals surface area contributed by atoms with Gasteiger partial charge in [-0.1, -0.05) is 12.7 Å². The van der Waals surface area contributed by atoms with Crippen molar-refractivity contribution in [3.8, 4) is 0 Å². The summed E-state index contributed by atoms with van der Waals surface area (Å²) in [6.07, 6.45) is -6.29. The van der Waals surface area contributed by atoms with Crippen molar-refractivity contribution in [1.29, 1.82) is 0 Å². The van der Waals surface area contributed by atoms with Crippen LogP contribution in [-0.2, 0) is 12.4 Å². The lowest BCUT2D eigenvalue weighted by Gasteiger charge is -1.98. The molecule has 24 heavy (non-hydrogen) atoms. The first-order valence-electron chi connectivity index (χ1n) is 5.97. The van der Waals surface area contributed by atoms with Crippen LogP contribution in [0.3, 0.4) is 0 Å². The summed E-state index contributed by atoms with van der Waals surface area (Å²) in [4.78, 5) is 10.0. The van der Waals surface area contributed by atoms with Gasteiger partial charge in [0.05, 0.1) is 6.21 Å². The molecule has 128 valence electrons. The van der Waals surface area contributed by atoms with E-state index in [1.54, 1.807) is 10.2 Å². The van der Waals surface area contributed by atoms with Gasteiger partial charge in [0.25, 0.3) is 0 Å². The van der Waals surface area contributed by atoms with Crippen molar-refractivity contribution in [1.82, 2.24) is 30.4 Å². The van der Waals surface area contributed by atoms with Gasteiger partial charge in [-0.15, -0.1) is 0 Å². The van der Waals surface area contributed by atoms with Gasteiger partial charge in [-0.25, -0.2) is 15.0 Å². The van der Waals surface area contributed by atoms with E-state index in [4.69, 9.17) is 0 Å². The van der Waals surface area contributed by atoms with E-state index in [0.717, 1.165) is 12.3 Å². The average Bonchev–Trinajstić information content (AvgIpc) is 3.11. The van der Waals surface area contributed by atoms with E-state index in [1.807, 2.05) is 0 Å². The second-order valence-corrected chi connectivity index (χ2v) is 4.09. The molecule has 0 saturated heterocycles. The van der Waals surface area contributed by atoms with Crippen molar-refractivity contribution in [2.75, 3.05) is 0 Å². The second kappa shape index (κ2) is 6.25. The minimum Gasteiger partial charge on any atom is -0.255 e. The summed E-state index contributed by atoms with van der Waals surface area (Å²) in [5.74, 6) is -3.54. The van der Waals surface area contributed by atoms with E-state index in [1.165, 1.54) is 6.08 Å². The van der Waals surface area contributed by atoms with Gasteiger partial charge in [0, 0.05) is 0 Å². The molecule has 2 aromatic rings. The third-order valence-electron chi connectivity index (χ3n) is 2.35. The second-order valence-electron chi connectivity index (χ2n) is 4.09. The number of aromatic amines is 2. The highest BCUT2D eigenvalue weighted by molar-refractivity contribution is 5.81. The fourth-order valence-corrected chi connectivity index (χ4v) is 1.38. The average molecular weight is 351 g/mol. The van der Waals surface area contributed by atoms with Crippen LogP contribution in [-0.4, -0.2) is 36.6 Å². The Morgan fingerprint density at radius 1 is 0.958 bits per heavy atom. The molecule has 0 aliphatic heterocycles. The monoisotopic (exact) mass is 351 g/mol. The largest absolute Gasteiger partial charge is 0.451 e. The van der Waals surface area contributed by atoms with Crippen LogP contribution in [0.15, 0.2) is 23.7 Å². The lowest BCUT2D eigenvalue weighted by atomic mass is 10.3. The minimum atomic E-state index is -4.74. The molecule has 0 spiro atoms. The van der Waals surface area contributed by atoms with Crippen LogP contribution in [0.25, 0.3) is 5.70 Å². The zero-order chi connectivity index (χ0) is 18.0. The molecule has 0 atom stereocenters. The Labute approximate surface area is 129 Å². The predicted molar refractivity (Wildman–Crippen MR) is 68.5 cm³/mol. The fraction of sp³-hybridized carbons (Fsp3) is 0.182. The summed E-state index contributed by atoms with van der Waals surface area (Å²) in [7, 11) is 0. The first-order valence-corrected chi connectivity index (χ1v) is 5.97. The summed E-state index contributed by atoms with van der Waals surface area (Å²) < 4.78 is 74.5. The SMILES string of the molecule is C=C/C=C(\N=Cc1n[nH]c(C(F)(F)F)n1)c1n[nH]c(C(F)(F)F)n1. The molecule has 0 saturated carbocycles. The van der Waals surface area contributed by atoms with Crippen LogP contribution in [0.4, 0.5) is 26.3 Å². The van der Waals surface area contributed by atoms with Gasteiger partial charge in [0.15, 0.2) is 11.6 Å². The van der Waals surface area contributed by atoms with Gasteiger partial charge in [0.1, 0.15) is 5.70 Å². The molecule has 0 aliphatic carbocycles. The minimum absolute atomic E-state index is 0.185. The highest BCUT2D eigenvalue weighted by Gasteiger charge is 2.36. The molecule has 0 bridgehead atoms. The molecule has 7 nitrogen and oxygen atoms in total. The van der Waals surface area contributed by atoms with Crippen molar-refractivity contribution in [3.63, 3.8) is 0 Å². The number of H-pyrrole nitrogens is 2. The Kier molecular flexibility index (Phi) is 4.52. The fourth-order valence-electron chi connectivity index (χ4n) is 1.38. The molecule has 0 unspecified atom stereocenters. The van der Waals surface area contributed by atoms with Gasteiger partial charge in [-0.05, 0) is 6.08 Å². The molecule has 2 N–H and O–H groups in total. The van der Waals surface area contributed by atoms with Crippen LogP contribution in [0.2, 0.25) is 0 Å². The van der Waals surface area contributed by atoms with E-state index in [-0.39, 0.29) is 5.70 Å². The maximum Gasteiger partial charge on any atom is 0.451 e. The highest BCUT2D eigenvalue weighted by atomic mass is 19.4. The van der Waals surface area contributed by atoms with Crippen LogP contribution >= 0.6 is 0 Å². The maximum atomic E-state index is 12.5. The topological polar surface area (TPSA) is 95.5 Å². The van der Waals surface area contributed by atoms with Gasteiger partial charge in [0.2, 0.25) is 11.6 Å². The number of hydrogen-bond acceptors (Lipinski definition) is 5. The molecule has 0 amide bonds. The van der Waals surface area contributed by atoms with Gasteiger partial charge < -0.3 is 0 Å². The summed E-state index contributed by atoms with van der Waals surface area (Å²) in [6.45, 7) is 3.35. The predicted octanol–water partition coefficient (Wildman–Crippen LogP) is 2.61. The van der Waals surface area contributed by atoms with E-state index in [0.29, 0.717) is 0 Å². The van der Waals surface area contributed by atoms with Gasteiger partial charge in [-0.2, -0.15) is 36.5 Å². The van der Waals surface area contributed by atoms with Crippen molar-refractivity contribution in [2.24, 2.45) is 4.99 Å². The number of nitrogens with zero attached hydrogens (tertiary/aromatic N) is 5. The van der Waals surface area contributed by atoms with Crippen molar-refractivity contribution < 1.29 is 26.3 Å². The summed E-state index contributed by atoms with van der Waals surface area (Å²) in [5, 5.41) is 9.96. The number of aliphatic imine (C=N–C) groups is 1.